The largest absolute Gasteiger partial charge is 0.383 e. The third-order valence-electron chi connectivity index (χ3n) is 2.86. The Hall–Kier alpha value is -1.36. The average Bonchev–Trinajstić information content (AvgIpc) is 2.47. The fourth-order valence-electron chi connectivity index (χ4n) is 1.83. The summed E-state index contributed by atoms with van der Waals surface area (Å²) in [4.78, 5) is 17.1. The quantitative estimate of drug-likeness (QED) is 0.600. The fraction of sp³-hybridized carbons (Fsp3) is 0.357. The molecule has 2 aromatic rings. The molecule has 0 radical (unpaired) electrons. The molecule has 0 N–H and O–H groups in total. The van der Waals surface area contributed by atoms with Crippen molar-refractivity contribution >= 4 is 38.6 Å². The molecule has 21 heavy (non-hydrogen) atoms. The molecule has 1 unspecified atom stereocenters. The Morgan fingerprint density at radius 1 is 1.57 bits per heavy atom. The SMILES string of the molecule is COCCn1c(SC(C)C#N)nc2ccc(Br)cc2c1=O. The molecule has 0 amide bonds. The number of ether oxygens (including phenoxy) is 1. The molecule has 0 spiro atoms. The second kappa shape index (κ2) is 7.07. The Morgan fingerprint density at radius 2 is 2.33 bits per heavy atom. The van der Waals surface area contributed by atoms with Crippen LogP contribution in [-0.2, 0) is 11.3 Å². The molecule has 0 bridgehead atoms. The first-order valence-electron chi connectivity index (χ1n) is 6.32. The first-order valence-corrected chi connectivity index (χ1v) is 7.99. The van der Waals surface area contributed by atoms with Crippen LogP contribution in [0.4, 0.5) is 0 Å². The van der Waals surface area contributed by atoms with E-state index in [9.17, 15) is 4.79 Å². The molecule has 2 rings (SSSR count). The lowest BCUT2D eigenvalue weighted by Gasteiger charge is -2.13. The molecule has 0 aliphatic heterocycles. The highest BCUT2D eigenvalue weighted by Crippen LogP contribution is 2.23. The molecule has 5 nitrogen and oxygen atoms in total. The summed E-state index contributed by atoms with van der Waals surface area (Å²) in [5.41, 5.74) is 0.510. The van der Waals surface area contributed by atoms with Gasteiger partial charge in [-0.05, 0) is 25.1 Å². The van der Waals surface area contributed by atoms with Gasteiger partial charge in [0.1, 0.15) is 0 Å². The number of nitrogens with zero attached hydrogens (tertiary/aromatic N) is 3. The minimum atomic E-state index is -0.279. The van der Waals surface area contributed by atoms with E-state index < -0.39 is 0 Å². The topological polar surface area (TPSA) is 67.9 Å². The van der Waals surface area contributed by atoms with Crippen LogP contribution < -0.4 is 5.56 Å². The average molecular weight is 368 g/mol. The van der Waals surface area contributed by atoms with Crippen molar-refractivity contribution in [2.75, 3.05) is 13.7 Å². The molecule has 1 heterocycles. The standard InChI is InChI=1S/C14H14BrN3O2S/c1-9(8-16)21-14-17-12-4-3-10(15)7-11(12)13(19)18(14)5-6-20-2/h3-4,7,9H,5-6H2,1-2H3. The molecule has 1 aromatic carbocycles. The molecule has 0 saturated heterocycles. The van der Waals surface area contributed by atoms with Crippen LogP contribution in [0.1, 0.15) is 6.92 Å². The normalized spacial score (nSPS) is 12.3. The van der Waals surface area contributed by atoms with E-state index in [1.807, 2.05) is 6.07 Å². The van der Waals surface area contributed by atoms with Gasteiger partial charge in [-0.3, -0.25) is 9.36 Å². The number of rotatable bonds is 5. The van der Waals surface area contributed by atoms with Gasteiger partial charge in [0, 0.05) is 11.6 Å². The van der Waals surface area contributed by atoms with Crippen molar-refractivity contribution in [3.05, 3.63) is 33.0 Å². The van der Waals surface area contributed by atoms with Crippen LogP contribution in [0.2, 0.25) is 0 Å². The van der Waals surface area contributed by atoms with Gasteiger partial charge < -0.3 is 4.74 Å². The summed E-state index contributed by atoms with van der Waals surface area (Å²) in [6, 6.07) is 7.54. The van der Waals surface area contributed by atoms with Crippen molar-refractivity contribution in [2.45, 2.75) is 23.9 Å². The molecule has 0 aliphatic carbocycles. The van der Waals surface area contributed by atoms with Crippen LogP contribution in [0.5, 0.6) is 0 Å². The molecule has 0 fully saturated rings. The highest BCUT2D eigenvalue weighted by molar-refractivity contribution is 9.10. The Balaban J connectivity index is 2.61. The highest BCUT2D eigenvalue weighted by atomic mass is 79.9. The fourth-order valence-corrected chi connectivity index (χ4v) is 3.01. The number of fused-ring (bicyclic) bond motifs is 1. The number of hydrogen-bond acceptors (Lipinski definition) is 5. The molecule has 0 saturated carbocycles. The maximum atomic E-state index is 12.6. The zero-order valence-corrected chi connectivity index (χ0v) is 14.1. The van der Waals surface area contributed by atoms with Gasteiger partial charge in [0.25, 0.3) is 5.56 Å². The second-order valence-corrected chi connectivity index (χ2v) is 6.62. The van der Waals surface area contributed by atoms with Gasteiger partial charge >= 0.3 is 0 Å². The van der Waals surface area contributed by atoms with Gasteiger partial charge in [-0.25, -0.2) is 4.98 Å². The van der Waals surface area contributed by atoms with E-state index in [1.54, 1.807) is 30.7 Å². The Bertz CT molecular complexity index is 754. The maximum absolute atomic E-state index is 12.6. The van der Waals surface area contributed by atoms with Gasteiger partial charge in [-0.1, -0.05) is 27.7 Å². The maximum Gasteiger partial charge on any atom is 0.262 e. The van der Waals surface area contributed by atoms with E-state index in [1.165, 1.54) is 11.8 Å². The van der Waals surface area contributed by atoms with Gasteiger partial charge in [0.2, 0.25) is 0 Å². The van der Waals surface area contributed by atoms with E-state index in [0.29, 0.717) is 29.2 Å². The van der Waals surface area contributed by atoms with Crippen LogP contribution in [0.25, 0.3) is 10.9 Å². The van der Waals surface area contributed by atoms with Crippen LogP contribution in [0.3, 0.4) is 0 Å². The molecular formula is C14H14BrN3O2S. The van der Waals surface area contributed by atoms with Crippen molar-refractivity contribution in [2.24, 2.45) is 0 Å². The predicted octanol–water partition coefficient (Wildman–Crippen LogP) is 2.81. The smallest absolute Gasteiger partial charge is 0.262 e. The van der Waals surface area contributed by atoms with E-state index in [0.717, 1.165) is 4.47 Å². The zero-order chi connectivity index (χ0) is 15.4. The van der Waals surface area contributed by atoms with Crippen molar-refractivity contribution in [3.8, 4) is 6.07 Å². The summed E-state index contributed by atoms with van der Waals surface area (Å²) in [6.45, 7) is 2.60. The number of benzene rings is 1. The Labute approximate surface area is 135 Å². The third-order valence-corrected chi connectivity index (χ3v) is 4.34. The minimum absolute atomic E-state index is 0.119. The van der Waals surface area contributed by atoms with Crippen LogP contribution in [-0.4, -0.2) is 28.5 Å². The first-order chi connectivity index (χ1) is 10.1. The summed E-state index contributed by atoms with van der Waals surface area (Å²) < 4.78 is 7.45. The number of nitriles is 1. The second-order valence-electron chi connectivity index (χ2n) is 4.39. The number of methoxy groups -OCH3 is 1. The number of hydrogen-bond donors (Lipinski definition) is 0. The summed E-state index contributed by atoms with van der Waals surface area (Å²) in [7, 11) is 1.58. The van der Waals surface area contributed by atoms with E-state index >= 15 is 0 Å². The molecule has 7 heteroatoms. The summed E-state index contributed by atoms with van der Waals surface area (Å²) >= 11 is 4.64. The van der Waals surface area contributed by atoms with Crippen LogP contribution in [0.15, 0.2) is 32.6 Å². The van der Waals surface area contributed by atoms with Crippen molar-refractivity contribution in [1.82, 2.24) is 9.55 Å². The van der Waals surface area contributed by atoms with Crippen molar-refractivity contribution in [1.29, 1.82) is 5.26 Å². The number of thioether (sulfide) groups is 1. The van der Waals surface area contributed by atoms with E-state index in [2.05, 4.69) is 27.0 Å². The van der Waals surface area contributed by atoms with Gasteiger partial charge in [-0.15, -0.1) is 0 Å². The third kappa shape index (κ3) is 3.64. The van der Waals surface area contributed by atoms with Crippen molar-refractivity contribution < 1.29 is 4.74 Å². The monoisotopic (exact) mass is 367 g/mol. The Kier molecular flexibility index (Phi) is 5.39. The van der Waals surface area contributed by atoms with Gasteiger partial charge in [-0.2, -0.15) is 5.26 Å². The van der Waals surface area contributed by atoms with Gasteiger partial charge in [0.15, 0.2) is 5.16 Å². The molecule has 1 atom stereocenters. The summed E-state index contributed by atoms with van der Waals surface area (Å²) in [5, 5.41) is 9.78. The highest BCUT2D eigenvalue weighted by Gasteiger charge is 2.14. The predicted molar refractivity (Wildman–Crippen MR) is 86.5 cm³/mol. The number of halogens is 1. The molecule has 1 aromatic heterocycles. The molecule has 0 aliphatic rings. The molecular weight excluding hydrogens is 354 g/mol. The van der Waals surface area contributed by atoms with Crippen LogP contribution >= 0.6 is 27.7 Å². The first kappa shape index (κ1) is 16.0. The molecule has 110 valence electrons. The zero-order valence-electron chi connectivity index (χ0n) is 11.7. The van der Waals surface area contributed by atoms with Crippen LogP contribution in [0, 0.1) is 11.3 Å². The Morgan fingerprint density at radius 3 is 3.00 bits per heavy atom. The lowest BCUT2D eigenvalue weighted by Crippen LogP contribution is -2.25. The van der Waals surface area contributed by atoms with E-state index in [-0.39, 0.29) is 10.8 Å². The van der Waals surface area contributed by atoms with Gasteiger partial charge in [0.05, 0.1) is 35.4 Å². The lowest BCUT2D eigenvalue weighted by molar-refractivity contribution is 0.183. The van der Waals surface area contributed by atoms with Crippen molar-refractivity contribution in [3.63, 3.8) is 0 Å². The minimum Gasteiger partial charge on any atom is -0.383 e. The number of aromatic nitrogens is 2. The van der Waals surface area contributed by atoms with E-state index in [4.69, 9.17) is 10.00 Å². The summed E-state index contributed by atoms with van der Waals surface area (Å²) in [5.74, 6) is 0. The summed E-state index contributed by atoms with van der Waals surface area (Å²) in [6.07, 6.45) is 0. The lowest BCUT2D eigenvalue weighted by atomic mass is 10.2.